The van der Waals surface area contributed by atoms with Crippen molar-refractivity contribution in [1.82, 2.24) is 0 Å². The van der Waals surface area contributed by atoms with Gasteiger partial charge in [0, 0.05) is 6.42 Å². The van der Waals surface area contributed by atoms with Crippen LogP contribution in [0.4, 0.5) is 0 Å². The van der Waals surface area contributed by atoms with Gasteiger partial charge in [0.25, 0.3) is 0 Å². The molecule has 9 nitrogen and oxygen atoms in total. The fraction of sp³-hybridized carbons (Fsp3) is 0.970. The van der Waals surface area contributed by atoms with Crippen molar-refractivity contribution in [3.63, 3.8) is 0 Å². The SMILES string of the molecule is CCCCCCCCCCCCCCCCCC(=O)O.CCCCCCCCCCC[CH2][Na].O=P(O)(O)O.OCC(O)CO. The molecule has 0 saturated heterocycles. The van der Waals surface area contributed by atoms with Crippen LogP contribution < -0.4 is 0 Å². The van der Waals surface area contributed by atoms with Gasteiger partial charge in [0.1, 0.15) is 6.10 Å². The van der Waals surface area contributed by atoms with Gasteiger partial charge in [0.2, 0.25) is 0 Å². The van der Waals surface area contributed by atoms with Gasteiger partial charge in [0.15, 0.2) is 0 Å². The van der Waals surface area contributed by atoms with Gasteiger partial charge in [-0.3, -0.25) is 4.79 Å². The average molecular weight is 667 g/mol. The molecule has 0 radical (unpaired) electrons. The molecular formula is C33H72NaO9P. The fourth-order valence-electron chi connectivity index (χ4n) is 4.44. The molecule has 0 fully saturated rings. The summed E-state index contributed by atoms with van der Waals surface area (Å²) in [6.45, 7) is 3.83. The molecule has 0 rings (SSSR count). The van der Waals surface area contributed by atoms with Crippen molar-refractivity contribution in [1.29, 1.82) is 0 Å². The summed E-state index contributed by atoms with van der Waals surface area (Å²) in [5.74, 6) is -0.653. The van der Waals surface area contributed by atoms with Crippen molar-refractivity contribution in [3.8, 4) is 0 Å². The molecule has 264 valence electrons. The van der Waals surface area contributed by atoms with E-state index in [1.165, 1.54) is 179 Å². The van der Waals surface area contributed by atoms with Crippen molar-refractivity contribution >= 4 is 41.7 Å². The van der Waals surface area contributed by atoms with E-state index < -0.39 is 19.9 Å². The van der Waals surface area contributed by atoms with Crippen LogP contribution in [0.2, 0.25) is 3.67 Å². The Morgan fingerprint density at radius 1 is 0.545 bits per heavy atom. The number of aliphatic carboxylic acids is 1. The van der Waals surface area contributed by atoms with Gasteiger partial charge >= 0.3 is 117 Å². The maximum absolute atomic E-state index is 10.3. The van der Waals surface area contributed by atoms with Crippen LogP contribution in [0.5, 0.6) is 0 Å². The van der Waals surface area contributed by atoms with E-state index in [1.54, 1.807) is 0 Å². The molecule has 0 aromatic carbocycles. The number of unbranched alkanes of at least 4 members (excludes halogenated alkanes) is 23. The molecule has 0 aliphatic carbocycles. The van der Waals surface area contributed by atoms with E-state index in [4.69, 9.17) is 39.7 Å². The van der Waals surface area contributed by atoms with Crippen LogP contribution in [0.1, 0.15) is 181 Å². The number of carboxylic acids is 1. The third-order valence-electron chi connectivity index (χ3n) is 7.12. The Kier molecular flexibility index (Phi) is 53.1. The second-order valence-electron chi connectivity index (χ2n) is 11.8. The number of carboxylic acid groups (broad SMARTS) is 1. The van der Waals surface area contributed by atoms with Crippen LogP contribution in [-0.2, 0) is 9.36 Å². The summed E-state index contributed by atoms with van der Waals surface area (Å²) in [5.41, 5.74) is 0. The van der Waals surface area contributed by atoms with E-state index in [0.29, 0.717) is 6.42 Å². The predicted molar refractivity (Wildman–Crippen MR) is 184 cm³/mol. The van der Waals surface area contributed by atoms with Gasteiger partial charge in [-0.05, 0) is 6.42 Å². The number of hydrogen-bond donors (Lipinski definition) is 7. The summed E-state index contributed by atoms with van der Waals surface area (Å²) < 4.78 is 10.4. The molecule has 0 amide bonds. The summed E-state index contributed by atoms with van der Waals surface area (Å²) in [4.78, 5) is 31.9. The normalized spacial score (nSPS) is 10.8. The van der Waals surface area contributed by atoms with Crippen LogP contribution in [-0.4, -0.2) is 88.3 Å². The van der Waals surface area contributed by atoms with Gasteiger partial charge in [0.05, 0.1) is 13.2 Å². The van der Waals surface area contributed by atoms with E-state index >= 15 is 0 Å². The zero-order chi connectivity index (χ0) is 34.2. The first-order valence-corrected chi connectivity index (χ1v) is 20.9. The third-order valence-corrected chi connectivity index (χ3v) is 7.83. The average Bonchev–Trinajstić information content (AvgIpc) is 2.97. The molecule has 0 spiro atoms. The number of carbonyl (C=O) groups is 1. The number of aliphatic hydroxyl groups is 3. The number of phosphoric acid groups is 1. The summed E-state index contributed by atoms with van der Waals surface area (Å²) >= 11 is 1.41. The predicted octanol–water partition coefficient (Wildman–Crippen LogP) is 8.23. The zero-order valence-corrected chi connectivity index (χ0v) is 31.9. The molecule has 0 heterocycles. The van der Waals surface area contributed by atoms with Gasteiger partial charge in [-0.1, -0.05) is 96.8 Å². The summed E-state index contributed by atoms with van der Waals surface area (Å²) in [6, 6.07) is 0. The minimum absolute atomic E-state index is 0.345. The topological polar surface area (TPSA) is 176 Å². The fourth-order valence-corrected chi connectivity index (χ4v) is 4.94. The zero-order valence-electron chi connectivity index (χ0n) is 29.0. The first-order valence-electron chi connectivity index (χ1n) is 17.9. The van der Waals surface area contributed by atoms with E-state index in [1.807, 2.05) is 0 Å². The van der Waals surface area contributed by atoms with Crippen molar-refractivity contribution in [2.75, 3.05) is 13.2 Å². The minimum Gasteiger partial charge on any atom is -0.394 e. The Labute approximate surface area is 288 Å². The molecule has 7 N–H and O–H groups in total. The van der Waals surface area contributed by atoms with E-state index in [2.05, 4.69) is 13.8 Å². The Balaban J connectivity index is -0.000000283. The maximum Gasteiger partial charge on any atom is 0.466 e. The van der Waals surface area contributed by atoms with Gasteiger partial charge in [-0.15, -0.1) is 0 Å². The molecule has 11 heteroatoms. The number of hydrogen-bond acceptors (Lipinski definition) is 5. The monoisotopic (exact) mass is 666 g/mol. The smallest absolute Gasteiger partial charge is 0.394 e. The van der Waals surface area contributed by atoms with Gasteiger partial charge < -0.3 is 35.1 Å². The maximum atomic E-state index is 10.3. The Bertz CT molecular complexity index is 543. The minimum atomic E-state index is -4.64. The van der Waals surface area contributed by atoms with Crippen LogP contribution in [0.15, 0.2) is 0 Å². The summed E-state index contributed by atoms with van der Waals surface area (Å²) in [7, 11) is -4.64. The molecule has 0 aromatic heterocycles. The molecular weight excluding hydrogens is 594 g/mol. The first kappa shape index (κ1) is 51.3. The van der Waals surface area contributed by atoms with Crippen molar-refractivity contribution in [2.45, 2.75) is 191 Å². The van der Waals surface area contributed by atoms with E-state index in [-0.39, 0.29) is 13.2 Å². The molecule has 0 aliphatic heterocycles. The first-order chi connectivity index (χ1) is 21.0. The summed E-state index contributed by atoms with van der Waals surface area (Å²) in [6.07, 6.45) is 34.0. The van der Waals surface area contributed by atoms with E-state index in [9.17, 15) is 4.79 Å². The Morgan fingerprint density at radius 3 is 0.955 bits per heavy atom. The van der Waals surface area contributed by atoms with Crippen molar-refractivity contribution in [2.24, 2.45) is 0 Å². The molecule has 44 heavy (non-hydrogen) atoms. The number of rotatable bonds is 28. The Hall–Kier alpha value is 0.460. The second-order valence-corrected chi connectivity index (χ2v) is 13.8. The standard InChI is InChI=1S/C18H36O2.C12H25.C3H8O3.Na.H3O4P/c1-2-3-4-5-6-7-8-9-10-11-12-13-14-15-16-17-18(19)20;1-3-5-7-9-11-12-10-8-6-4-2;4-1-3(6)2-5;;1-5(2,3)4/h2-17H2,1H3,(H,19,20);1,3-12H2,2H3;3-6H,1-2H2;;(H3,1,2,3,4). The van der Waals surface area contributed by atoms with Gasteiger partial charge in [-0.2, -0.15) is 0 Å². The molecule has 0 saturated carbocycles. The quantitative estimate of drug-likeness (QED) is 0.0246. The van der Waals surface area contributed by atoms with E-state index in [0.717, 1.165) is 12.8 Å². The third kappa shape index (κ3) is 73.7. The number of aliphatic hydroxyl groups excluding tert-OH is 3. The van der Waals surface area contributed by atoms with Crippen LogP contribution in [0.3, 0.4) is 0 Å². The van der Waals surface area contributed by atoms with Gasteiger partial charge in [-0.25, -0.2) is 4.57 Å². The van der Waals surface area contributed by atoms with Crippen LogP contribution in [0, 0.1) is 0 Å². The van der Waals surface area contributed by atoms with Crippen molar-refractivity contribution in [3.05, 3.63) is 0 Å². The van der Waals surface area contributed by atoms with Crippen LogP contribution >= 0.6 is 7.82 Å². The van der Waals surface area contributed by atoms with Crippen LogP contribution in [0.25, 0.3) is 0 Å². The summed E-state index contributed by atoms with van der Waals surface area (Å²) in [5, 5.41) is 32.5. The largest absolute Gasteiger partial charge is 0.466 e. The molecule has 0 aromatic rings. The molecule has 0 unspecified atom stereocenters. The molecule has 0 atom stereocenters. The van der Waals surface area contributed by atoms with Crippen molar-refractivity contribution < 1.29 is 44.5 Å². The Morgan fingerprint density at radius 2 is 0.773 bits per heavy atom. The molecule has 0 aliphatic rings. The molecule has 0 bridgehead atoms. The second kappa shape index (κ2) is 45.6.